The topological polar surface area (TPSA) is 94.8 Å². The Hall–Kier alpha value is -2.04. The molecular weight excluding hydrogens is 316 g/mol. The van der Waals surface area contributed by atoms with Crippen LogP contribution in [0.4, 0.5) is 13.6 Å². The van der Waals surface area contributed by atoms with Crippen LogP contribution in [0.25, 0.3) is 0 Å². The molecule has 0 saturated carbocycles. The van der Waals surface area contributed by atoms with Gasteiger partial charge in [-0.1, -0.05) is 6.58 Å². The van der Waals surface area contributed by atoms with Gasteiger partial charge in [-0.25, -0.2) is 9.79 Å². The van der Waals surface area contributed by atoms with E-state index in [0.29, 0.717) is 6.54 Å². The first-order valence-electron chi connectivity index (χ1n) is 6.87. The quantitative estimate of drug-likeness (QED) is 0.731. The van der Waals surface area contributed by atoms with E-state index in [-0.39, 0.29) is 18.3 Å². The van der Waals surface area contributed by atoms with Gasteiger partial charge in [0.2, 0.25) is 6.23 Å². The van der Waals surface area contributed by atoms with Gasteiger partial charge in [-0.15, -0.1) is 0 Å². The van der Waals surface area contributed by atoms with E-state index in [1.165, 1.54) is 17.2 Å². The zero-order chi connectivity index (χ0) is 16.8. The Labute approximate surface area is 129 Å². The second kappa shape index (κ2) is 5.55. The molecule has 3 heterocycles. The predicted octanol–water partition coefficient (Wildman–Crippen LogP) is -0.149. The summed E-state index contributed by atoms with van der Waals surface area (Å²) in [7, 11) is 0. The van der Waals surface area contributed by atoms with Gasteiger partial charge in [0, 0.05) is 6.20 Å². The fourth-order valence-electron chi connectivity index (χ4n) is 2.54. The Morgan fingerprint density at radius 2 is 2.26 bits per heavy atom. The van der Waals surface area contributed by atoms with Crippen LogP contribution >= 0.6 is 0 Å². The van der Waals surface area contributed by atoms with E-state index in [9.17, 15) is 18.7 Å². The lowest BCUT2D eigenvalue weighted by molar-refractivity contribution is -0.148. The molecule has 0 aromatic rings. The number of aliphatic hydroxyl groups excluding tert-OH is 2. The molecule has 2 fully saturated rings. The van der Waals surface area contributed by atoms with Crippen molar-refractivity contribution in [3.63, 3.8) is 0 Å². The smallest absolute Gasteiger partial charge is 0.415 e. The number of nitrogens with zero attached hydrogens (tertiary/aromatic N) is 3. The van der Waals surface area contributed by atoms with Crippen LogP contribution in [0, 0.1) is 0 Å². The number of ether oxygens (including phenoxy) is 2. The molecule has 0 aliphatic carbocycles. The highest BCUT2D eigenvalue weighted by Gasteiger charge is 2.60. The maximum Gasteiger partial charge on any atom is 0.415 e. The summed E-state index contributed by atoms with van der Waals surface area (Å²) in [5.74, 6) is -3.49. The van der Waals surface area contributed by atoms with Crippen LogP contribution in [0.5, 0.6) is 0 Å². The highest BCUT2D eigenvalue weighted by molar-refractivity contribution is 6.03. The average molecular weight is 331 g/mol. The molecule has 3 aliphatic heterocycles. The molecule has 2 saturated heterocycles. The van der Waals surface area contributed by atoms with Crippen molar-refractivity contribution in [2.75, 3.05) is 19.8 Å². The molecule has 8 nitrogen and oxygen atoms in total. The fraction of sp³-hybridized carbons (Fsp3) is 0.538. The maximum atomic E-state index is 14.1. The standard InChI is InChI=1S/C13H15F2N3O5/c1-7-16-9(18-4-5-22-12(18)21)2-3-17(7)11-13(14,15)10(20)8(6-19)23-11/h2-3,8,10-11,19-20H,1,4-6H2/t8-,10+,11-/m1/s1. The Morgan fingerprint density at radius 1 is 1.52 bits per heavy atom. The SMILES string of the molecule is C=C1N=C(N2CCOC2=O)C=CN1[C@@H]1O[C@H](CO)[C@H](O)C1(F)F. The molecule has 2 N–H and O–H groups in total. The number of alkyl halides is 2. The van der Waals surface area contributed by atoms with Crippen LogP contribution in [0.3, 0.4) is 0 Å². The molecule has 0 aromatic carbocycles. The van der Waals surface area contributed by atoms with Gasteiger partial charge < -0.3 is 24.6 Å². The van der Waals surface area contributed by atoms with Gasteiger partial charge in [-0.05, 0) is 6.08 Å². The number of carbonyl (C=O) groups excluding carboxylic acids is 1. The number of amides is 1. The molecule has 126 valence electrons. The largest absolute Gasteiger partial charge is 0.447 e. The predicted molar refractivity (Wildman–Crippen MR) is 72.3 cm³/mol. The fourth-order valence-corrected chi connectivity index (χ4v) is 2.54. The first kappa shape index (κ1) is 15.8. The monoisotopic (exact) mass is 331 g/mol. The molecule has 23 heavy (non-hydrogen) atoms. The Morgan fingerprint density at radius 3 is 2.78 bits per heavy atom. The second-order valence-corrected chi connectivity index (χ2v) is 5.20. The summed E-state index contributed by atoms with van der Waals surface area (Å²) in [4.78, 5) is 17.7. The molecule has 1 amide bonds. The molecule has 0 bridgehead atoms. The first-order valence-corrected chi connectivity index (χ1v) is 6.87. The van der Waals surface area contributed by atoms with Gasteiger partial charge in [0.1, 0.15) is 24.4 Å². The van der Waals surface area contributed by atoms with Crippen molar-refractivity contribution in [3.05, 3.63) is 24.7 Å². The third kappa shape index (κ3) is 2.48. The number of hydrogen-bond acceptors (Lipinski definition) is 7. The lowest BCUT2D eigenvalue weighted by atomic mass is 10.1. The van der Waals surface area contributed by atoms with E-state index < -0.39 is 37.1 Å². The van der Waals surface area contributed by atoms with Gasteiger partial charge in [0.15, 0.2) is 6.10 Å². The maximum absolute atomic E-state index is 14.1. The number of aliphatic hydroxyl groups is 2. The molecule has 0 unspecified atom stereocenters. The molecule has 3 aliphatic rings. The van der Waals surface area contributed by atoms with Crippen LogP contribution in [-0.4, -0.2) is 76.1 Å². The second-order valence-electron chi connectivity index (χ2n) is 5.20. The van der Waals surface area contributed by atoms with E-state index in [1.54, 1.807) is 0 Å². The van der Waals surface area contributed by atoms with Crippen molar-refractivity contribution >= 4 is 11.9 Å². The average Bonchev–Trinajstić information content (AvgIpc) is 3.02. The zero-order valence-electron chi connectivity index (χ0n) is 11.9. The number of carbonyl (C=O) groups is 1. The lowest BCUT2D eigenvalue weighted by Gasteiger charge is -2.32. The molecule has 0 radical (unpaired) electrons. The van der Waals surface area contributed by atoms with Gasteiger partial charge in [-0.2, -0.15) is 8.78 Å². The third-order valence-electron chi connectivity index (χ3n) is 3.78. The van der Waals surface area contributed by atoms with E-state index in [0.717, 1.165) is 4.90 Å². The van der Waals surface area contributed by atoms with Crippen molar-refractivity contribution in [3.8, 4) is 0 Å². The summed E-state index contributed by atoms with van der Waals surface area (Å²) in [5, 5.41) is 18.5. The molecular formula is C13H15F2N3O5. The Bertz CT molecular complexity index is 594. The first-order chi connectivity index (χ1) is 10.9. The number of amidine groups is 1. The van der Waals surface area contributed by atoms with Gasteiger partial charge in [-0.3, -0.25) is 4.90 Å². The number of halogens is 2. The summed E-state index contributed by atoms with van der Waals surface area (Å²) in [5.41, 5.74) is 0. The summed E-state index contributed by atoms with van der Waals surface area (Å²) >= 11 is 0. The normalized spacial score (nSPS) is 33.2. The van der Waals surface area contributed by atoms with Crippen LogP contribution in [0.15, 0.2) is 29.7 Å². The van der Waals surface area contributed by atoms with Crippen LogP contribution in [0.1, 0.15) is 0 Å². The van der Waals surface area contributed by atoms with E-state index >= 15 is 0 Å². The minimum atomic E-state index is -3.62. The molecule has 3 rings (SSSR count). The molecule has 10 heteroatoms. The van der Waals surface area contributed by atoms with Crippen molar-refractivity contribution in [1.29, 1.82) is 0 Å². The Balaban J connectivity index is 1.79. The highest BCUT2D eigenvalue weighted by atomic mass is 19.3. The number of cyclic esters (lactones) is 1. The van der Waals surface area contributed by atoms with Gasteiger partial charge in [0.25, 0.3) is 0 Å². The molecule has 0 spiro atoms. The lowest BCUT2D eigenvalue weighted by Crippen LogP contribution is -2.47. The molecule has 0 aromatic heterocycles. The summed E-state index contributed by atoms with van der Waals surface area (Å²) in [6, 6.07) is 0. The summed E-state index contributed by atoms with van der Waals surface area (Å²) in [6.45, 7) is 3.36. The van der Waals surface area contributed by atoms with Crippen LogP contribution in [0.2, 0.25) is 0 Å². The molecule has 3 atom stereocenters. The number of aliphatic imine (C=N–C) groups is 1. The van der Waals surface area contributed by atoms with Crippen molar-refractivity contribution in [2.24, 2.45) is 4.99 Å². The van der Waals surface area contributed by atoms with E-state index in [2.05, 4.69) is 11.6 Å². The van der Waals surface area contributed by atoms with Crippen molar-refractivity contribution in [2.45, 2.75) is 24.4 Å². The Kier molecular flexibility index (Phi) is 3.82. The van der Waals surface area contributed by atoms with Gasteiger partial charge >= 0.3 is 12.0 Å². The minimum Gasteiger partial charge on any atom is -0.447 e. The van der Waals surface area contributed by atoms with Gasteiger partial charge in [0.05, 0.1) is 13.2 Å². The van der Waals surface area contributed by atoms with Crippen LogP contribution < -0.4 is 0 Å². The minimum absolute atomic E-state index is 0.0855. The summed E-state index contributed by atoms with van der Waals surface area (Å²) in [6.07, 6.45) is -3.39. The third-order valence-corrected chi connectivity index (χ3v) is 3.78. The van der Waals surface area contributed by atoms with Crippen LogP contribution in [-0.2, 0) is 9.47 Å². The number of hydrogen-bond donors (Lipinski definition) is 2. The van der Waals surface area contributed by atoms with Crippen molar-refractivity contribution < 1.29 is 33.3 Å². The highest BCUT2D eigenvalue weighted by Crippen LogP contribution is 2.39. The van der Waals surface area contributed by atoms with E-state index in [1.807, 2.05) is 0 Å². The van der Waals surface area contributed by atoms with Crippen molar-refractivity contribution in [1.82, 2.24) is 9.80 Å². The zero-order valence-corrected chi connectivity index (χ0v) is 11.9. The number of rotatable bonds is 2. The summed E-state index contributed by atoms with van der Waals surface area (Å²) < 4.78 is 38.0. The van der Waals surface area contributed by atoms with E-state index in [4.69, 9.17) is 14.6 Å².